The third kappa shape index (κ3) is 5.73. The van der Waals surface area contributed by atoms with Crippen molar-refractivity contribution in [2.45, 2.75) is 32.2 Å². The number of aromatic hydroxyl groups is 1. The molecule has 164 valence electrons. The minimum Gasteiger partial charge on any atom is -0.507 e. The molecule has 0 aliphatic carbocycles. The predicted molar refractivity (Wildman–Crippen MR) is 125 cm³/mol. The molecule has 0 radical (unpaired) electrons. The molecular formula is C27H33NO3. The van der Waals surface area contributed by atoms with Crippen LogP contribution in [0.15, 0.2) is 72.8 Å². The molecule has 3 N–H and O–H groups in total. The van der Waals surface area contributed by atoms with Crippen LogP contribution in [0.1, 0.15) is 53.5 Å². The highest BCUT2D eigenvalue weighted by Gasteiger charge is 2.21. The van der Waals surface area contributed by atoms with Crippen LogP contribution in [0.2, 0.25) is 0 Å². The molecule has 0 amide bonds. The first-order valence-electron chi connectivity index (χ1n) is 10.9. The van der Waals surface area contributed by atoms with Gasteiger partial charge in [0.1, 0.15) is 5.75 Å². The van der Waals surface area contributed by atoms with E-state index in [0.29, 0.717) is 25.4 Å². The van der Waals surface area contributed by atoms with Gasteiger partial charge in [-0.3, -0.25) is 4.90 Å². The summed E-state index contributed by atoms with van der Waals surface area (Å²) in [5, 5.41) is 30.0. The lowest BCUT2D eigenvalue weighted by atomic mass is 9.85. The number of nitrogens with zero attached hydrogens (tertiary/aromatic N) is 1. The molecule has 3 aromatic rings. The molecule has 4 heteroatoms. The first-order chi connectivity index (χ1) is 15.0. The first-order valence-corrected chi connectivity index (χ1v) is 10.9. The summed E-state index contributed by atoms with van der Waals surface area (Å²) in [4.78, 5) is 1.96. The van der Waals surface area contributed by atoms with Gasteiger partial charge in [-0.1, -0.05) is 86.6 Å². The SMILES string of the molecule is CC(c1ccccc1)c1cc(CN(CCO)CCO)c(O)c(C(C)c2ccccc2)c1. The molecule has 0 aliphatic heterocycles. The van der Waals surface area contributed by atoms with E-state index in [1.165, 1.54) is 5.56 Å². The molecule has 0 saturated heterocycles. The van der Waals surface area contributed by atoms with Gasteiger partial charge in [0.05, 0.1) is 13.2 Å². The highest BCUT2D eigenvalue weighted by molar-refractivity contribution is 5.50. The minimum absolute atomic E-state index is 0.00808. The van der Waals surface area contributed by atoms with Gasteiger partial charge in [-0.05, 0) is 16.7 Å². The highest BCUT2D eigenvalue weighted by Crippen LogP contribution is 2.38. The van der Waals surface area contributed by atoms with E-state index in [1.54, 1.807) is 0 Å². The van der Waals surface area contributed by atoms with Crippen LogP contribution in [0.5, 0.6) is 5.75 Å². The van der Waals surface area contributed by atoms with Crippen LogP contribution in [0.4, 0.5) is 0 Å². The third-order valence-corrected chi connectivity index (χ3v) is 6.03. The summed E-state index contributed by atoms with van der Waals surface area (Å²) >= 11 is 0. The largest absolute Gasteiger partial charge is 0.507 e. The van der Waals surface area contributed by atoms with Crippen molar-refractivity contribution in [3.05, 3.63) is 101 Å². The zero-order chi connectivity index (χ0) is 22.2. The molecule has 31 heavy (non-hydrogen) atoms. The van der Waals surface area contributed by atoms with Gasteiger partial charge < -0.3 is 15.3 Å². The fourth-order valence-corrected chi connectivity index (χ4v) is 4.09. The van der Waals surface area contributed by atoms with Crippen LogP contribution < -0.4 is 0 Å². The van der Waals surface area contributed by atoms with E-state index < -0.39 is 0 Å². The Hall–Kier alpha value is -2.66. The van der Waals surface area contributed by atoms with Crippen molar-refractivity contribution in [1.82, 2.24) is 4.90 Å². The molecule has 4 nitrogen and oxygen atoms in total. The Morgan fingerprint density at radius 2 is 1.23 bits per heavy atom. The van der Waals surface area contributed by atoms with E-state index in [1.807, 2.05) is 41.3 Å². The molecule has 0 aromatic heterocycles. The molecule has 0 fully saturated rings. The molecule has 2 unspecified atom stereocenters. The summed E-state index contributed by atoms with van der Waals surface area (Å²) < 4.78 is 0. The van der Waals surface area contributed by atoms with Crippen molar-refractivity contribution >= 4 is 0 Å². The summed E-state index contributed by atoms with van der Waals surface area (Å²) in [6.45, 7) is 5.68. The third-order valence-electron chi connectivity index (χ3n) is 6.03. The highest BCUT2D eigenvalue weighted by atomic mass is 16.3. The lowest BCUT2D eigenvalue weighted by Gasteiger charge is -2.25. The summed E-state index contributed by atoms with van der Waals surface area (Å²) in [5.41, 5.74) is 5.23. The van der Waals surface area contributed by atoms with Gasteiger partial charge >= 0.3 is 0 Å². The average molecular weight is 420 g/mol. The normalized spacial score (nSPS) is 13.3. The lowest BCUT2D eigenvalue weighted by Crippen LogP contribution is -2.29. The number of aliphatic hydroxyl groups excluding tert-OH is 2. The molecule has 0 spiro atoms. The zero-order valence-electron chi connectivity index (χ0n) is 18.4. The van der Waals surface area contributed by atoms with Gasteiger partial charge in [-0.25, -0.2) is 0 Å². The van der Waals surface area contributed by atoms with E-state index in [9.17, 15) is 15.3 Å². The van der Waals surface area contributed by atoms with Crippen molar-refractivity contribution in [3.63, 3.8) is 0 Å². The maximum absolute atomic E-state index is 11.2. The maximum Gasteiger partial charge on any atom is 0.123 e. The Bertz CT molecular complexity index is 937. The van der Waals surface area contributed by atoms with Crippen molar-refractivity contribution < 1.29 is 15.3 Å². The average Bonchev–Trinajstić information content (AvgIpc) is 2.81. The standard InChI is InChI=1S/C27H33NO3/c1-20(22-9-5-3-6-10-22)24-17-25(19-28(13-15-29)14-16-30)27(31)26(18-24)21(2)23-11-7-4-8-12-23/h3-12,17-18,20-21,29-31H,13-16,19H2,1-2H3. The van der Waals surface area contributed by atoms with E-state index in [0.717, 1.165) is 22.3 Å². The minimum atomic E-state index is 0.00808. The van der Waals surface area contributed by atoms with E-state index in [-0.39, 0.29) is 25.0 Å². The number of phenols is 1. The van der Waals surface area contributed by atoms with Gasteiger partial charge in [0.2, 0.25) is 0 Å². The van der Waals surface area contributed by atoms with Crippen LogP contribution in [-0.2, 0) is 6.54 Å². The molecule has 0 aliphatic rings. The fourth-order valence-electron chi connectivity index (χ4n) is 4.09. The van der Waals surface area contributed by atoms with E-state index in [2.05, 4.69) is 50.2 Å². The van der Waals surface area contributed by atoms with Crippen molar-refractivity contribution in [2.75, 3.05) is 26.3 Å². The number of rotatable bonds is 10. The Labute approximate surface area is 185 Å². The van der Waals surface area contributed by atoms with Crippen molar-refractivity contribution in [2.24, 2.45) is 0 Å². The predicted octanol–water partition coefficient (Wildman–Crippen LogP) is 4.48. The molecule has 2 atom stereocenters. The van der Waals surface area contributed by atoms with Gasteiger partial charge in [-0.15, -0.1) is 0 Å². The first kappa shape index (κ1) is 23.0. The van der Waals surface area contributed by atoms with Crippen LogP contribution >= 0.6 is 0 Å². The second-order valence-corrected chi connectivity index (χ2v) is 8.11. The number of aliphatic hydroxyl groups is 2. The Balaban J connectivity index is 2.06. The van der Waals surface area contributed by atoms with Crippen LogP contribution in [-0.4, -0.2) is 46.5 Å². The van der Waals surface area contributed by atoms with Crippen molar-refractivity contribution in [3.8, 4) is 5.75 Å². The number of hydrogen-bond donors (Lipinski definition) is 3. The van der Waals surface area contributed by atoms with E-state index >= 15 is 0 Å². The quantitative estimate of drug-likeness (QED) is 0.453. The molecule has 0 saturated carbocycles. The monoisotopic (exact) mass is 419 g/mol. The molecule has 3 aromatic carbocycles. The Morgan fingerprint density at radius 3 is 1.74 bits per heavy atom. The molecule has 0 heterocycles. The maximum atomic E-state index is 11.2. The Kier molecular flexibility index (Phi) is 8.24. The van der Waals surface area contributed by atoms with Crippen LogP contribution in [0, 0.1) is 0 Å². The lowest BCUT2D eigenvalue weighted by molar-refractivity contribution is 0.155. The fraction of sp³-hybridized carbons (Fsp3) is 0.333. The topological polar surface area (TPSA) is 63.9 Å². The number of hydrogen-bond acceptors (Lipinski definition) is 4. The molecule has 0 bridgehead atoms. The molecular weight excluding hydrogens is 386 g/mol. The summed E-state index contributed by atoms with van der Waals surface area (Å²) in [6, 6.07) is 24.8. The van der Waals surface area contributed by atoms with Gasteiger partial charge in [0.25, 0.3) is 0 Å². The second-order valence-electron chi connectivity index (χ2n) is 8.11. The van der Waals surface area contributed by atoms with Gasteiger partial charge in [-0.2, -0.15) is 0 Å². The summed E-state index contributed by atoms with van der Waals surface area (Å²) in [5.74, 6) is 0.500. The number of benzene rings is 3. The van der Waals surface area contributed by atoms with Crippen molar-refractivity contribution in [1.29, 1.82) is 0 Å². The summed E-state index contributed by atoms with van der Waals surface area (Å²) in [6.07, 6.45) is 0. The number of phenolic OH excluding ortho intramolecular Hbond substituents is 1. The van der Waals surface area contributed by atoms with Crippen LogP contribution in [0.3, 0.4) is 0 Å². The van der Waals surface area contributed by atoms with E-state index in [4.69, 9.17) is 0 Å². The van der Waals surface area contributed by atoms with Gasteiger partial charge in [0, 0.05) is 42.6 Å². The zero-order valence-corrected chi connectivity index (χ0v) is 18.4. The van der Waals surface area contributed by atoms with Gasteiger partial charge in [0.15, 0.2) is 0 Å². The second kappa shape index (κ2) is 11.1. The molecule has 3 rings (SSSR count). The van der Waals surface area contributed by atoms with Crippen LogP contribution in [0.25, 0.3) is 0 Å². The smallest absolute Gasteiger partial charge is 0.123 e. The summed E-state index contributed by atoms with van der Waals surface area (Å²) in [7, 11) is 0. The Morgan fingerprint density at radius 1 is 0.710 bits per heavy atom.